The Hall–Kier alpha value is -1.02. The van der Waals surface area contributed by atoms with Crippen molar-refractivity contribution < 1.29 is 0 Å². The Labute approximate surface area is 76.1 Å². The molecule has 2 heterocycles. The van der Waals surface area contributed by atoms with Crippen LogP contribution in [0.1, 0.15) is 11.4 Å². The molecule has 0 fully saturated rings. The van der Waals surface area contributed by atoms with Crippen molar-refractivity contribution in [3.63, 3.8) is 0 Å². The molecule has 0 spiro atoms. The van der Waals surface area contributed by atoms with Crippen LogP contribution in [0.3, 0.4) is 0 Å². The van der Waals surface area contributed by atoms with Gasteiger partial charge >= 0.3 is 0 Å². The molecule has 0 radical (unpaired) electrons. The number of aromatic amines is 1. The molecule has 1 nitrogen and oxygen atoms in total. The Bertz CT molecular complexity index is 370. The van der Waals surface area contributed by atoms with Crippen LogP contribution >= 0.6 is 11.3 Å². The second kappa shape index (κ2) is 2.79. The highest BCUT2D eigenvalue weighted by atomic mass is 32.1. The molecular formula is C10H11NS. The van der Waals surface area contributed by atoms with E-state index in [9.17, 15) is 0 Å². The van der Waals surface area contributed by atoms with Crippen LogP contribution in [0.4, 0.5) is 0 Å². The minimum Gasteiger partial charge on any atom is -0.362 e. The van der Waals surface area contributed by atoms with E-state index in [1.165, 1.54) is 21.8 Å². The lowest BCUT2D eigenvalue weighted by Gasteiger charge is -1.92. The summed E-state index contributed by atoms with van der Waals surface area (Å²) in [5, 5.41) is 2.11. The molecule has 2 rings (SSSR count). The van der Waals surface area contributed by atoms with Crippen molar-refractivity contribution in [2.45, 2.75) is 13.8 Å². The zero-order valence-electron chi connectivity index (χ0n) is 7.22. The second-order valence-corrected chi connectivity index (χ2v) is 3.92. The van der Waals surface area contributed by atoms with Gasteiger partial charge in [0.15, 0.2) is 0 Å². The fraction of sp³-hybridized carbons (Fsp3) is 0.200. The number of hydrogen-bond donors (Lipinski definition) is 1. The Morgan fingerprint density at radius 2 is 2.17 bits per heavy atom. The fourth-order valence-electron chi connectivity index (χ4n) is 1.41. The van der Waals surface area contributed by atoms with Gasteiger partial charge in [-0.25, -0.2) is 0 Å². The predicted octanol–water partition coefficient (Wildman–Crippen LogP) is 3.36. The quantitative estimate of drug-likeness (QED) is 0.687. The fourth-order valence-corrected chi connectivity index (χ4v) is 2.21. The summed E-state index contributed by atoms with van der Waals surface area (Å²) >= 11 is 1.78. The molecule has 0 saturated carbocycles. The highest BCUT2D eigenvalue weighted by Crippen LogP contribution is 2.27. The number of aromatic nitrogens is 1. The summed E-state index contributed by atoms with van der Waals surface area (Å²) in [5.41, 5.74) is 3.83. The van der Waals surface area contributed by atoms with Crippen molar-refractivity contribution >= 4 is 11.3 Å². The van der Waals surface area contributed by atoms with Gasteiger partial charge in [0.2, 0.25) is 0 Å². The zero-order chi connectivity index (χ0) is 8.55. The minimum absolute atomic E-state index is 1.23. The van der Waals surface area contributed by atoms with Crippen molar-refractivity contribution in [2.24, 2.45) is 0 Å². The maximum atomic E-state index is 3.30. The molecule has 2 aromatic rings. The molecule has 0 aromatic carbocycles. The molecule has 0 aliphatic heterocycles. The van der Waals surface area contributed by atoms with E-state index in [1.54, 1.807) is 11.3 Å². The summed E-state index contributed by atoms with van der Waals surface area (Å²) in [7, 11) is 0. The van der Waals surface area contributed by atoms with Crippen molar-refractivity contribution in [2.75, 3.05) is 0 Å². The Morgan fingerprint density at radius 1 is 1.33 bits per heavy atom. The van der Waals surface area contributed by atoms with E-state index < -0.39 is 0 Å². The number of H-pyrrole nitrogens is 1. The number of rotatable bonds is 1. The molecule has 1 N–H and O–H groups in total. The summed E-state index contributed by atoms with van der Waals surface area (Å²) < 4.78 is 0. The molecule has 0 aliphatic carbocycles. The lowest BCUT2D eigenvalue weighted by molar-refractivity contribution is 1.19. The van der Waals surface area contributed by atoms with E-state index in [2.05, 4.69) is 42.4 Å². The molecule has 0 amide bonds. The molecule has 2 aromatic heterocycles. The topological polar surface area (TPSA) is 15.8 Å². The van der Waals surface area contributed by atoms with Gasteiger partial charge in [0, 0.05) is 21.8 Å². The van der Waals surface area contributed by atoms with Gasteiger partial charge in [0.25, 0.3) is 0 Å². The summed E-state index contributed by atoms with van der Waals surface area (Å²) in [4.78, 5) is 4.65. The van der Waals surface area contributed by atoms with E-state index in [0.29, 0.717) is 0 Å². The van der Waals surface area contributed by atoms with Gasteiger partial charge in [-0.3, -0.25) is 0 Å². The standard InChI is InChI=1S/C10H11NS/c1-7-6-9(8(2)11-7)10-4-3-5-12-10/h3-6,11H,1-2H3. The SMILES string of the molecule is Cc1cc(-c2cccs2)c(C)[nH]1. The van der Waals surface area contributed by atoms with Crippen molar-refractivity contribution in [1.82, 2.24) is 4.98 Å². The number of hydrogen-bond acceptors (Lipinski definition) is 1. The lowest BCUT2D eigenvalue weighted by atomic mass is 10.2. The van der Waals surface area contributed by atoms with E-state index in [0.717, 1.165) is 0 Å². The maximum Gasteiger partial charge on any atom is 0.0360 e. The van der Waals surface area contributed by atoms with Crippen LogP contribution in [0.25, 0.3) is 10.4 Å². The first kappa shape index (κ1) is 7.62. The van der Waals surface area contributed by atoms with Crippen LogP contribution in [0, 0.1) is 13.8 Å². The van der Waals surface area contributed by atoms with E-state index in [1.807, 2.05) is 0 Å². The van der Waals surface area contributed by atoms with E-state index in [-0.39, 0.29) is 0 Å². The first-order chi connectivity index (χ1) is 5.77. The van der Waals surface area contributed by atoms with Gasteiger partial charge in [-0.05, 0) is 31.4 Å². The molecule has 12 heavy (non-hydrogen) atoms. The van der Waals surface area contributed by atoms with Crippen LogP contribution in [-0.4, -0.2) is 4.98 Å². The summed E-state index contributed by atoms with van der Waals surface area (Å²) in [6, 6.07) is 6.43. The van der Waals surface area contributed by atoms with Crippen LogP contribution in [-0.2, 0) is 0 Å². The van der Waals surface area contributed by atoms with Crippen molar-refractivity contribution in [3.8, 4) is 10.4 Å². The van der Waals surface area contributed by atoms with Gasteiger partial charge in [-0.1, -0.05) is 6.07 Å². The Balaban J connectivity index is 2.54. The molecular weight excluding hydrogens is 166 g/mol. The molecule has 2 heteroatoms. The maximum absolute atomic E-state index is 3.30. The second-order valence-electron chi connectivity index (χ2n) is 2.97. The van der Waals surface area contributed by atoms with Gasteiger partial charge in [-0.15, -0.1) is 11.3 Å². The third-order valence-corrected chi connectivity index (χ3v) is 2.84. The number of nitrogens with one attached hydrogen (secondary N) is 1. The third-order valence-electron chi connectivity index (χ3n) is 1.94. The van der Waals surface area contributed by atoms with Crippen LogP contribution in [0.2, 0.25) is 0 Å². The average Bonchev–Trinajstić information content (AvgIpc) is 2.58. The van der Waals surface area contributed by atoms with Gasteiger partial charge in [0.05, 0.1) is 0 Å². The number of aryl methyl sites for hydroxylation is 2. The van der Waals surface area contributed by atoms with E-state index in [4.69, 9.17) is 0 Å². The smallest absolute Gasteiger partial charge is 0.0360 e. The summed E-state index contributed by atoms with van der Waals surface area (Å²) in [6.07, 6.45) is 0. The molecule has 0 atom stereocenters. The highest BCUT2D eigenvalue weighted by Gasteiger charge is 2.04. The first-order valence-corrected chi connectivity index (χ1v) is 4.85. The molecule has 0 aliphatic rings. The summed E-state index contributed by atoms with van der Waals surface area (Å²) in [6.45, 7) is 4.20. The normalized spacial score (nSPS) is 10.5. The zero-order valence-corrected chi connectivity index (χ0v) is 8.03. The molecule has 0 bridgehead atoms. The van der Waals surface area contributed by atoms with Crippen molar-refractivity contribution in [3.05, 3.63) is 35.0 Å². The molecule has 0 unspecified atom stereocenters. The lowest BCUT2D eigenvalue weighted by Crippen LogP contribution is -1.73. The predicted molar refractivity (Wildman–Crippen MR) is 53.6 cm³/mol. The largest absolute Gasteiger partial charge is 0.362 e. The van der Waals surface area contributed by atoms with Crippen LogP contribution in [0.15, 0.2) is 23.6 Å². The van der Waals surface area contributed by atoms with Gasteiger partial charge in [0.1, 0.15) is 0 Å². The molecule has 0 saturated heterocycles. The monoisotopic (exact) mass is 177 g/mol. The Kier molecular flexibility index (Phi) is 1.77. The highest BCUT2D eigenvalue weighted by molar-refractivity contribution is 7.13. The third kappa shape index (κ3) is 1.18. The van der Waals surface area contributed by atoms with Gasteiger partial charge in [-0.2, -0.15) is 0 Å². The first-order valence-electron chi connectivity index (χ1n) is 3.97. The Morgan fingerprint density at radius 3 is 2.67 bits per heavy atom. The molecule has 62 valence electrons. The average molecular weight is 177 g/mol. The van der Waals surface area contributed by atoms with Crippen molar-refractivity contribution in [1.29, 1.82) is 0 Å². The van der Waals surface area contributed by atoms with Gasteiger partial charge < -0.3 is 4.98 Å². The van der Waals surface area contributed by atoms with E-state index >= 15 is 0 Å². The van der Waals surface area contributed by atoms with Crippen LogP contribution in [0.5, 0.6) is 0 Å². The number of thiophene rings is 1. The minimum atomic E-state index is 1.23. The summed E-state index contributed by atoms with van der Waals surface area (Å²) in [5.74, 6) is 0. The van der Waals surface area contributed by atoms with Crippen LogP contribution < -0.4 is 0 Å².